The maximum atomic E-state index is 14.1. The zero-order valence-electron chi connectivity index (χ0n) is 19.6. The second kappa shape index (κ2) is 10.9. The van der Waals surface area contributed by atoms with Gasteiger partial charge < -0.3 is 10.2 Å². The van der Waals surface area contributed by atoms with Gasteiger partial charge in [-0.15, -0.1) is 21.5 Å². The summed E-state index contributed by atoms with van der Waals surface area (Å²) >= 11 is 2.79. The highest BCUT2D eigenvalue weighted by Gasteiger charge is 2.29. The molecule has 0 aliphatic carbocycles. The number of aromatic nitrogens is 2. The minimum absolute atomic E-state index is 0.0210. The van der Waals surface area contributed by atoms with E-state index in [4.69, 9.17) is 0 Å². The Hall–Kier alpha value is -3.43. The fraction of sp³-hybridized carbons (Fsp3) is 0.231. The van der Waals surface area contributed by atoms with Crippen LogP contribution < -0.4 is 5.32 Å². The van der Waals surface area contributed by atoms with Crippen LogP contribution in [0.25, 0.3) is 10.4 Å². The Labute approximate surface area is 211 Å². The molecule has 4 aromatic rings. The number of hydrogen-bond donors (Lipinski definition) is 1. The van der Waals surface area contributed by atoms with Crippen LogP contribution >= 0.6 is 22.7 Å². The molecule has 2 aromatic carbocycles. The van der Waals surface area contributed by atoms with Crippen molar-refractivity contribution in [3.8, 4) is 10.4 Å². The molecule has 0 aliphatic rings. The lowest BCUT2D eigenvalue weighted by molar-refractivity contribution is -0.119. The molecule has 2 unspecified atom stereocenters. The molecule has 0 bridgehead atoms. The van der Waals surface area contributed by atoms with E-state index in [1.165, 1.54) is 23.5 Å². The molecule has 6 nitrogen and oxygen atoms in total. The van der Waals surface area contributed by atoms with Crippen LogP contribution in [0.3, 0.4) is 0 Å². The van der Waals surface area contributed by atoms with Crippen molar-refractivity contribution < 1.29 is 14.0 Å². The highest BCUT2D eigenvalue weighted by atomic mass is 32.1. The van der Waals surface area contributed by atoms with Crippen LogP contribution in [0.4, 0.5) is 9.52 Å². The fourth-order valence-corrected chi connectivity index (χ4v) is 5.51. The maximum absolute atomic E-state index is 14.1. The van der Waals surface area contributed by atoms with Gasteiger partial charge in [-0.3, -0.25) is 9.59 Å². The average molecular weight is 509 g/mol. The molecule has 0 fully saturated rings. The van der Waals surface area contributed by atoms with Crippen LogP contribution in [-0.4, -0.2) is 40.5 Å². The van der Waals surface area contributed by atoms with E-state index in [0.29, 0.717) is 17.2 Å². The van der Waals surface area contributed by atoms with Gasteiger partial charge in [0.05, 0.1) is 0 Å². The number of rotatable bonds is 8. The first-order valence-corrected chi connectivity index (χ1v) is 12.8. The maximum Gasteiger partial charge on any atom is 0.253 e. The number of hydrogen-bond acceptors (Lipinski definition) is 6. The lowest BCUT2D eigenvalue weighted by Crippen LogP contribution is -2.26. The minimum Gasteiger partial charge on any atom is -0.342 e. The van der Waals surface area contributed by atoms with Crippen LogP contribution in [0.15, 0.2) is 66.2 Å². The van der Waals surface area contributed by atoms with Crippen LogP contribution in [0.2, 0.25) is 0 Å². The van der Waals surface area contributed by atoms with E-state index in [2.05, 4.69) is 15.5 Å². The Morgan fingerprint density at radius 2 is 1.89 bits per heavy atom. The third-order valence-electron chi connectivity index (χ3n) is 5.88. The molecule has 0 aliphatic heterocycles. The van der Waals surface area contributed by atoms with Crippen molar-refractivity contribution in [3.05, 3.63) is 88.0 Å². The van der Waals surface area contributed by atoms with Crippen LogP contribution in [0, 0.1) is 11.7 Å². The summed E-state index contributed by atoms with van der Waals surface area (Å²) < 4.78 is 14.1. The second-order valence-electron chi connectivity index (χ2n) is 8.15. The van der Waals surface area contributed by atoms with Crippen LogP contribution in [0.5, 0.6) is 0 Å². The normalized spacial score (nSPS) is 12.7. The standard InChI is InChI=1S/C26H25FN4O2S2/c1-4-31(3)25(33)18-10-8-17(9-11-18)21-12-13-22(35-21)23(19-6-5-7-20(27)14-19)16(2)24(32)29-26-30-28-15-34-26/h5-16,23H,4H2,1-3H3,(H,29,30,32). The molecule has 2 atom stereocenters. The van der Waals surface area contributed by atoms with E-state index in [9.17, 15) is 14.0 Å². The second-order valence-corrected chi connectivity index (χ2v) is 10.1. The zero-order valence-corrected chi connectivity index (χ0v) is 21.2. The SMILES string of the molecule is CCN(C)C(=O)c1ccc(-c2ccc(C(c3cccc(F)c3)C(C)C(=O)Nc3nncs3)s2)cc1. The molecular weight excluding hydrogens is 483 g/mol. The average Bonchev–Trinajstić information content (AvgIpc) is 3.56. The third-order valence-corrected chi connectivity index (χ3v) is 7.71. The number of nitrogens with zero attached hydrogens (tertiary/aromatic N) is 3. The molecule has 35 heavy (non-hydrogen) atoms. The summed E-state index contributed by atoms with van der Waals surface area (Å²) in [5.41, 5.74) is 3.88. The number of carbonyl (C=O) groups excluding carboxylic acids is 2. The number of anilines is 1. The first-order valence-electron chi connectivity index (χ1n) is 11.2. The van der Waals surface area contributed by atoms with Gasteiger partial charge in [-0.25, -0.2) is 4.39 Å². The third kappa shape index (κ3) is 5.63. The van der Waals surface area contributed by atoms with Crippen molar-refractivity contribution in [2.24, 2.45) is 5.92 Å². The quantitative estimate of drug-likeness (QED) is 0.321. The van der Waals surface area contributed by atoms with Gasteiger partial charge in [-0.05, 0) is 54.4 Å². The Balaban J connectivity index is 1.63. The van der Waals surface area contributed by atoms with E-state index in [0.717, 1.165) is 20.9 Å². The molecule has 0 saturated heterocycles. The first kappa shape index (κ1) is 24.7. The van der Waals surface area contributed by atoms with Crippen molar-refractivity contribution in [2.45, 2.75) is 19.8 Å². The van der Waals surface area contributed by atoms with Gasteiger partial charge in [0, 0.05) is 40.7 Å². The minimum atomic E-state index is -0.489. The molecule has 9 heteroatoms. The van der Waals surface area contributed by atoms with Gasteiger partial charge in [0.15, 0.2) is 0 Å². The topological polar surface area (TPSA) is 75.2 Å². The molecule has 2 aromatic heterocycles. The van der Waals surface area contributed by atoms with Crippen molar-refractivity contribution in [1.29, 1.82) is 0 Å². The summed E-state index contributed by atoms with van der Waals surface area (Å²) in [7, 11) is 1.77. The van der Waals surface area contributed by atoms with E-state index < -0.39 is 5.92 Å². The summed E-state index contributed by atoms with van der Waals surface area (Å²) in [5, 5.41) is 10.9. The summed E-state index contributed by atoms with van der Waals surface area (Å²) in [4.78, 5) is 29.1. The Bertz CT molecular complexity index is 1310. The molecule has 180 valence electrons. The van der Waals surface area contributed by atoms with Crippen LogP contribution in [-0.2, 0) is 4.79 Å². The lowest BCUT2D eigenvalue weighted by Gasteiger charge is -2.22. The van der Waals surface area contributed by atoms with E-state index in [1.54, 1.807) is 34.9 Å². The number of carbonyl (C=O) groups is 2. The molecule has 0 radical (unpaired) electrons. The van der Waals surface area contributed by atoms with Gasteiger partial charge in [-0.1, -0.05) is 42.5 Å². The van der Waals surface area contributed by atoms with Crippen molar-refractivity contribution in [1.82, 2.24) is 15.1 Å². The molecule has 4 rings (SSSR count). The molecule has 0 spiro atoms. The van der Waals surface area contributed by atoms with E-state index in [-0.39, 0.29) is 23.5 Å². The van der Waals surface area contributed by atoms with E-state index in [1.807, 2.05) is 56.3 Å². The number of halogens is 1. The molecular formula is C26H25FN4O2S2. The van der Waals surface area contributed by atoms with Crippen molar-refractivity contribution >= 4 is 39.6 Å². The fourth-order valence-electron chi connectivity index (χ4n) is 3.81. The number of thiophene rings is 1. The van der Waals surface area contributed by atoms with Gasteiger partial charge in [0.2, 0.25) is 11.0 Å². The first-order chi connectivity index (χ1) is 16.9. The number of amides is 2. The zero-order chi connectivity index (χ0) is 24.9. The highest BCUT2D eigenvalue weighted by Crippen LogP contribution is 2.40. The smallest absolute Gasteiger partial charge is 0.253 e. The molecule has 2 amide bonds. The predicted molar refractivity (Wildman–Crippen MR) is 138 cm³/mol. The summed E-state index contributed by atoms with van der Waals surface area (Å²) in [6.45, 7) is 4.40. The summed E-state index contributed by atoms with van der Waals surface area (Å²) in [6.07, 6.45) is 0. The lowest BCUT2D eigenvalue weighted by atomic mass is 9.85. The van der Waals surface area contributed by atoms with Gasteiger partial charge >= 0.3 is 0 Å². The predicted octanol–water partition coefficient (Wildman–Crippen LogP) is 5.90. The molecule has 1 N–H and O–H groups in total. The number of benzene rings is 2. The largest absolute Gasteiger partial charge is 0.342 e. The molecule has 2 heterocycles. The van der Waals surface area contributed by atoms with Gasteiger partial charge in [-0.2, -0.15) is 0 Å². The Morgan fingerprint density at radius 3 is 2.54 bits per heavy atom. The van der Waals surface area contributed by atoms with Gasteiger partial charge in [0.25, 0.3) is 5.91 Å². The van der Waals surface area contributed by atoms with Gasteiger partial charge in [0.1, 0.15) is 11.3 Å². The highest BCUT2D eigenvalue weighted by molar-refractivity contribution is 7.15. The monoisotopic (exact) mass is 508 g/mol. The molecule has 0 saturated carbocycles. The number of nitrogens with one attached hydrogen (secondary N) is 1. The summed E-state index contributed by atoms with van der Waals surface area (Å²) in [5.74, 6) is -1.42. The van der Waals surface area contributed by atoms with Crippen molar-refractivity contribution in [2.75, 3.05) is 18.9 Å². The Kier molecular flexibility index (Phi) is 7.67. The summed E-state index contributed by atoms with van der Waals surface area (Å²) in [6, 6.07) is 17.8. The van der Waals surface area contributed by atoms with Crippen molar-refractivity contribution in [3.63, 3.8) is 0 Å². The van der Waals surface area contributed by atoms with Crippen LogP contribution in [0.1, 0.15) is 40.6 Å². The van der Waals surface area contributed by atoms with E-state index >= 15 is 0 Å². The Morgan fingerprint density at radius 1 is 1.11 bits per heavy atom.